The van der Waals surface area contributed by atoms with Crippen LogP contribution in [0.5, 0.6) is 11.5 Å². The Morgan fingerprint density at radius 3 is 2.58 bits per heavy atom. The maximum Gasteiger partial charge on any atom is 0.266 e. The Balaban J connectivity index is 1.61. The first-order chi connectivity index (χ1) is 16.1. The second-order valence-electron chi connectivity index (χ2n) is 7.05. The fourth-order valence-corrected chi connectivity index (χ4v) is 4.13. The summed E-state index contributed by atoms with van der Waals surface area (Å²) in [6, 6.07) is 21.5. The predicted octanol–water partition coefficient (Wildman–Crippen LogP) is 4.52. The van der Waals surface area contributed by atoms with Crippen LogP contribution < -0.4 is 20.3 Å². The molecule has 1 heterocycles. The number of benzene rings is 3. The van der Waals surface area contributed by atoms with Crippen LogP contribution in [0.4, 0.5) is 5.69 Å². The van der Waals surface area contributed by atoms with Gasteiger partial charge in [0.1, 0.15) is 11.5 Å². The molecular formula is C25H23N3O4S. The minimum atomic E-state index is -0.205. The lowest BCUT2D eigenvalue weighted by Crippen LogP contribution is -2.23. The van der Waals surface area contributed by atoms with E-state index in [1.54, 1.807) is 61.7 Å². The van der Waals surface area contributed by atoms with Gasteiger partial charge in [-0.3, -0.25) is 14.2 Å². The molecule has 0 atom stereocenters. The largest absolute Gasteiger partial charge is 0.497 e. The SMILES string of the molecule is CCOc1ccc(NC(=O)CSc2nc3ccccc3c(=O)n2-c2cccc(OC)c2)cc1. The summed E-state index contributed by atoms with van der Waals surface area (Å²) in [5, 5.41) is 3.79. The third kappa shape index (κ3) is 5.18. The fourth-order valence-electron chi connectivity index (χ4n) is 3.31. The molecule has 8 heteroatoms. The molecule has 7 nitrogen and oxygen atoms in total. The summed E-state index contributed by atoms with van der Waals surface area (Å²) in [4.78, 5) is 30.6. The van der Waals surface area contributed by atoms with Gasteiger partial charge in [0.25, 0.3) is 5.56 Å². The number of methoxy groups -OCH3 is 1. The number of fused-ring (bicyclic) bond motifs is 1. The van der Waals surface area contributed by atoms with Crippen LogP contribution in [0, 0.1) is 0 Å². The highest BCUT2D eigenvalue weighted by Crippen LogP contribution is 2.24. The average Bonchev–Trinajstić information content (AvgIpc) is 2.84. The molecule has 0 spiro atoms. The highest BCUT2D eigenvalue weighted by molar-refractivity contribution is 7.99. The number of amides is 1. The molecular weight excluding hydrogens is 438 g/mol. The van der Waals surface area contributed by atoms with Crippen LogP contribution >= 0.6 is 11.8 Å². The number of para-hydroxylation sites is 1. The topological polar surface area (TPSA) is 82.5 Å². The molecule has 1 N–H and O–H groups in total. The van der Waals surface area contributed by atoms with E-state index in [1.807, 2.05) is 25.1 Å². The molecule has 168 valence electrons. The Hall–Kier alpha value is -3.78. The normalized spacial score (nSPS) is 10.7. The number of hydrogen-bond donors (Lipinski definition) is 1. The number of hydrogen-bond acceptors (Lipinski definition) is 6. The van der Waals surface area contributed by atoms with Crippen LogP contribution in [0.15, 0.2) is 82.7 Å². The molecule has 0 aliphatic heterocycles. The highest BCUT2D eigenvalue weighted by Gasteiger charge is 2.15. The monoisotopic (exact) mass is 461 g/mol. The van der Waals surface area contributed by atoms with Crippen LogP contribution in [0.3, 0.4) is 0 Å². The molecule has 1 amide bonds. The molecule has 4 rings (SSSR count). The van der Waals surface area contributed by atoms with E-state index in [2.05, 4.69) is 10.3 Å². The Bertz CT molecular complexity index is 1340. The number of aromatic nitrogens is 2. The van der Waals surface area contributed by atoms with Crippen molar-refractivity contribution in [3.63, 3.8) is 0 Å². The lowest BCUT2D eigenvalue weighted by Gasteiger charge is -2.14. The summed E-state index contributed by atoms with van der Waals surface area (Å²) in [6.45, 7) is 2.49. The summed E-state index contributed by atoms with van der Waals surface area (Å²) in [5.74, 6) is 1.25. The lowest BCUT2D eigenvalue weighted by molar-refractivity contribution is -0.113. The van der Waals surface area contributed by atoms with Gasteiger partial charge in [0.05, 0.1) is 36.1 Å². The van der Waals surface area contributed by atoms with Gasteiger partial charge in [-0.25, -0.2) is 4.98 Å². The van der Waals surface area contributed by atoms with Crippen LogP contribution in [0.1, 0.15) is 6.92 Å². The minimum Gasteiger partial charge on any atom is -0.497 e. The van der Waals surface area contributed by atoms with Gasteiger partial charge >= 0.3 is 0 Å². The first-order valence-electron chi connectivity index (χ1n) is 10.4. The van der Waals surface area contributed by atoms with E-state index in [4.69, 9.17) is 9.47 Å². The van der Waals surface area contributed by atoms with E-state index < -0.39 is 0 Å². The van der Waals surface area contributed by atoms with Gasteiger partial charge in [0.2, 0.25) is 5.91 Å². The summed E-state index contributed by atoms with van der Waals surface area (Å²) >= 11 is 1.20. The van der Waals surface area contributed by atoms with Crippen molar-refractivity contribution in [3.05, 3.63) is 83.2 Å². The van der Waals surface area contributed by atoms with Gasteiger partial charge in [-0.05, 0) is 55.5 Å². The van der Waals surface area contributed by atoms with E-state index in [0.717, 1.165) is 5.75 Å². The maximum atomic E-state index is 13.3. The van der Waals surface area contributed by atoms with Gasteiger partial charge in [-0.15, -0.1) is 0 Å². The molecule has 33 heavy (non-hydrogen) atoms. The molecule has 4 aromatic rings. The quantitative estimate of drug-likeness (QED) is 0.307. The second kappa shape index (κ2) is 10.2. The average molecular weight is 462 g/mol. The zero-order valence-electron chi connectivity index (χ0n) is 18.3. The van der Waals surface area contributed by atoms with Crippen molar-refractivity contribution in [2.24, 2.45) is 0 Å². The molecule has 0 aliphatic carbocycles. The zero-order chi connectivity index (χ0) is 23.2. The van der Waals surface area contributed by atoms with Gasteiger partial charge in [-0.1, -0.05) is 30.0 Å². The van der Waals surface area contributed by atoms with Gasteiger partial charge in [0.15, 0.2) is 5.16 Å². The van der Waals surface area contributed by atoms with Crippen LogP contribution in [0.2, 0.25) is 0 Å². The van der Waals surface area contributed by atoms with E-state index in [9.17, 15) is 9.59 Å². The molecule has 0 saturated carbocycles. The van der Waals surface area contributed by atoms with Crippen molar-refractivity contribution in [2.45, 2.75) is 12.1 Å². The zero-order valence-corrected chi connectivity index (χ0v) is 19.1. The molecule has 1 aromatic heterocycles. The van der Waals surface area contributed by atoms with Crippen LogP contribution in [0.25, 0.3) is 16.6 Å². The number of thioether (sulfide) groups is 1. The lowest BCUT2D eigenvalue weighted by atomic mass is 10.2. The number of nitrogens with zero attached hydrogens (tertiary/aromatic N) is 2. The Kier molecular flexibility index (Phi) is 6.95. The molecule has 0 unspecified atom stereocenters. The van der Waals surface area contributed by atoms with Crippen molar-refractivity contribution < 1.29 is 14.3 Å². The number of rotatable bonds is 8. The van der Waals surface area contributed by atoms with Gasteiger partial charge < -0.3 is 14.8 Å². The van der Waals surface area contributed by atoms with Crippen LogP contribution in [-0.2, 0) is 4.79 Å². The smallest absolute Gasteiger partial charge is 0.266 e. The number of nitrogens with one attached hydrogen (secondary N) is 1. The fraction of sp³-hybridized carbons (Fsp3) is 0.160. The Morgan fingerprint density at radius 1 is 1.03 bits per heavy atom. The van der Waals surface area contributed by atoms with E-state index >= 15 is 0 Å². The predicted molar refractivity (Wildman–Crippen MR) is 131 cm³/mol. The first-order valence-corrected chi connectivity index (χ1v) is 11.4. The summed E-state index contributed by atoms with van der Waals surface area (Å²) in [6.07, 6.45) is 0. The number of ether oxygens (including phenoxy) is 2. The first kappa shape index (κ1) is 22.4. The Labute approximate surface area is 195 Å². The van der Waals surface area contributed by atoms with Crippen molar-refractivity contribution in [2.75, 3.05) is 24.8 Å². The summed E-state index contributed by atoms with van der Waals surface area (Å²) in [7, 11) is 1.57. The minimum absolute atomic E-state index is 0.0853. The molecule has 0 aliphatic rings. The van der Waals surface area contributed by atoms with Gasteiger partial charge in [-0.2, -0.15) is 0 Å². The molecule has 0 bridgehead atoms. The Morgan fingerprint density at radius 2 is 1.82 bits per heavy atom. The number of carbonyl (C=O) groups is 1. The van der Waals surface area contributed by atoms with Crippen molar-refractivity contribution in [1.82, 2.24) is 9.55 Å². The van der Waals surface area contributed by atoms with Gasteiger partial charge in [0, 0.05) is 11.8 Å². The van der Waals surface area contributed by atoms with Crippen LogP contribution in [-0.4, -0.2) is 34.9 Å². The molecule has 0 radical (unpaired) electrons. The van der Waals surface area contributed by atoms with E-state index in [1.165, 1.54) is 16.3 Å². The molecule has 0 saturated heterocycles. The van der Waals surface area contributed by atoms with Crippen molar-refractivity contribution in [1.29, 1.82) is 0 Å². The number of anilines is 1. The van der Waals surface area contributed by atoms with E-state index in [-0.39, 0.29) is 17.2 Å². The second-order valence-corrected chi connectivity index (χ2v) is 7.99. The summed E-state index contributed by atoms with van der Waals surface area (Å²) in [5.41, 5.74) is 1.66. The third-order valence-corrected chi connectivity index (χ3v) is 5.78. The highest BCUT2D eigenvalue weighted by atomic mass is 32.2. The van der Waals surface area contributed by atoms with Crippen molar-refractivity contribution in [3.8, 4) is 17.2 Å². The maximum absolute atomic E-state index is 13.3. The molecule has 3 aromatic carbocycles. The number of carbonyl (C=O) groups excluding carboxylic acids is 1. The third-order valence-electron chi connectivity index (χ3n) is 4.84. The summed E-state index contributed by atoms with van der Waals surface area (Å²) < 4.78 is 12.3. The standard InChI is InChI=1S/C25H23N3O4S/c1-3-32-19-13-11-17(12-14-19)26-23(29)16-33-25-27-22-10-5-4-9-21(22)24(30)28(25)18-7-6-8-20(15-18)31-2/h4-15H,3,16H2,1-2H3,(H,26,29). The van der Waals surface area contributed by atoms with E-state index in [0.29, 0.717) is 39.8 Å². The molecule has 0 fully saturated rings. The van der Waals surface area contributed by atoms with Crippen molar-refractivity contribution >= 4 is 34.3 Å².